The number of carbonyl (C=O) groups is 3. The van der Waals surface area contributed by atoms with E-state index in [0.29, 0.717) is 16.9 Å². The number of carbonyl (C=O) groups excluding carboxylic acids is 3. The lowest BCUT2D eigenvalue weighted by Gasteiger charge is -2.17. The van der Waals surface area contributed by atoms with Crippen molar-refractivity contribution in [2.45, 2.75) is 12.8 Å². The Hall–Kier alpha value is -3.22. The van der Waals surface area contributed by atoms with Gasteiger partial charge in [0.05, 0.1) is 6.54 Å². The number of amides is 3. The Bertz CT molecular complexity index is 846. The van der Waals surface area contributed by atoms with Gasteiger partial charge in [0.15, 0.2) is 0 Å². The molecule has 2 aromatic carbocycles. The Morgan fingerprint density at radius 1 is 0.963 bits per heavy atom. The molecule has 0 atom stereocenters. The predicted octanol–water partition coefficient (Wildman–Crippen LogP) is 2.88. The quantitative estimate of drug-likeness (QED) is 0.822. The smallest absolute Gasteiger partial charge is 0.254 e. The highest BCUT2D eigenvalue weighted by molar-refractivity contribution is 6.00. The molecule has 0 heterocycles. The molecule has 6 nitrogen and oxygen atoms in total. The van der Waals surface area contributed by atoms with Gasteiger partial charge in [-0.2, -0.15) is 0 Å². The molecule has 1 fully saturated rings. The Kier molecular flexibility index (Phi) is 5.49. The summed E-state index contributed by atoms with van der Waals surface area (Å²) in [4.78, 5) is 37.5. The van der Waals surface area contributed by atoms with Crippen LogP contribution in [0, 0.1) is 11.7 Å². The normalized spacial score (nSPS) is 13.0. The molecular weight excluding hydrogens is 349 g/mol. The summed E-state index contributed by atoms with van der Waals surface area (Å²) in [5.41, 5.74) is 1.51. The van der Waals surface area contributed by atoms with Crippen LogP contribution in [0.5, 0.6) is 0 Å². The van der Waals surface area contributed by atoms with Crippen LogP contribution in [0.2, 0.25) is 0 Å². The lowest BCUT2D eigenvalue weighted by molar-refractivity contribution is -0.117. The van der Waals surface area contributed by atoms with Gasteiger partial charge >= 0.3 is 0 Å². The second-order valence-corrected chi connectivity index (χ2v) is 6.56. The van der Waals surface area contributed by atoms with Gasteiger partial charge in [-0.15, -0.1) is 0 Å². The minimum absolute atomic E-state index is 0.00339. The molecule has 0 saturated heterocycles. The first-order valence-corrected chi connectivity index (χ1v) is 8.64. The zero-order valence-electron chi connectivity index (χ0n) is 14.9. The first-order chi connectivity index (χ1) is 12.9. The van der Waals surface area contributed by atoms with Gasteiger partial charge in [0.1, 0.15) is 5.82 Å². The minimum atomic E-state index is -0.392. The van der Waals surface area contributed by atoms with Crippen LogP contribution in [0.4, 0.5) is 15.8 Å². The molecule has 27 heavy (non-hydrogen) atoms. The van der Waals surface area contributed by atoms with Crippen molar-refractivity contribution in [2.75, 3.05) is 24.2 Å². The molecule has 0 aromatic heterocycles. The van der Waals surface area contributed by atoms with Gasteiger partial charge in [0, 0.05) is 29.9 Å². The van der Waals surface area contributed by atoms with E-state index >= 15 is 0 Å². The number of halogens is 1. The molecule has 0 unspecified atom stereocenters. The average Bonchev–Trinajstić information content (AvgIpc) is 3.49. The fraction of sp³-hybridized carbons (Fsp3) is 0.250. The summed E-state index contributed by atoms with van der Waals surface area (Å²) in [5, 5.41) is 5.41. The first-order valence-electron chi connectivity index (χ1n) is 8.64. The molecule has 1 aliphatic rings. The van der Waals surface area contributed by atoms with Crippen LogP contribution in [0.1, 0.15) is 23.2 Å². The van der Waals surface area contributed by atoms with Crippen LogP contribution in [-0.2, 0) is 9.59 Å². The molecule has 2 N–H and O–H groups in total. The number of anilines is 2. The second-order valence-electron chi connectivity index (χ2n) is 6.56. The van der Waals surface area contributed by atoms with Gasteiger partial charge in [0.2, 0.25) is 11.8 Å². The van der Waals surface area contributed by atoms with Crippen LogP contribution in [0.25, 0.3) is 0 Å². The van der Waals surface area contributed by atoms with E-state index in [9.17, 15) is 18.8 Å². The van der Waals surface area contributed by atoms with Crippen molar-refractivity contribution in [2.24, 2.45) is 5.92 Å². The zero-order valence-corrected chi connectivity index (χ0v) is 14.9. The lowest BCUT2D eigenvalue weighted by atomic mass is 10.1. The maximum atomic E-state index is 12.9. The molecule has 140 valence electrons. The molecule has 3 rings (SSSR count). The van der Waals surface area contributed by atoms with Gasteiger partial charge in [-0.1, -0.05) is 0 Å². The van der Waals surface area contributed by atoms with Crippen molar-refractivity contribution < 1.29 is 18.8 Å². The topological polar surface area (TPSA) is 78.5 Å². The maximum Gasteiger partial charge on any atom is 0.254 e. The SMILES string of the molecule is CN(CC(=O)Nc1ccc(F)cc1)C(=O)c1ccc(NC(=O)C2CC2)cc1. The van der Waals surface area contributed by atoms with E-state index in [0.717, 1.165) is 12.8 Å². The van der Waals surface area contributed by atoms with Crippen LogP contribution < -0.4 is 10.6 Å². The summed E-state index contributed by atoms with van der Waals surface area (Å²) in [6.07, 6.45) is 1.85. The number of nitrogens with one attached hydrogen (secondary N) is 2. The Morgan fingerprint density at radius 2 is 1.52 bits per heavy atom. The average molecular weight is 369 g/mol. The third-order valence-corrected chi connectivity index (χ3v) is 4.20. The van der Waals surface area contributed by atoms with Gasteiger partial charge in [-0.3, -0.25) is 14.4 Å². The highest BCUT2D eigenvalue weighted by Crippen LogP contribution is 2.30. The molecule has 0 bridgehead atoms. The van der Waals surface area contributed by atoms with Gasteiger partial charge in [-0.25, -0.2) is 4.39 Å². The van der Waals surface area contributed by atoms with Gasteiger partial charge in [-0.05, 0) is 61.4 Å². The first kappa shape index (κ1) is 18.6. The number of likely N-dealkylation sites (N-methyl/N-ethyl adjacent to an activating group) is 1. The Labute approximate surface area is 156 Å². The number of rotatable bonds is 6. The van der Waals surface area contributed by atoms with Crippen LogP contribution >= 0.6 is 0 Å². The molecular formula is C20H20FN3O3. The minimum Gasteiger partial charge on any atom is -0.332 e. The van der Waals surface area contributed by atoms with E-state index < -0.39 is 5.82 Å². The number of benzene rings is 2. The van der Waals surface area contributed by atoms with Gasteiger partial charge < -0.3 is 15.5 Å². The van der Waals surface area contributed by atoms with E-state index in [1.54, 1.807) is 24.3 Å². The third-order valence-electron chi connectivity index (χ3n) is 4.20. The van der Waals surface area contributed by atoms with Crippen molar-refractivity contribution in [3.63, 3.8) is 0 Å². The van der Waals surface area contributed by atoms with E-state index in [1.807, 2.05) is 0 Å². The van der Waals surface area contributed by atoms with Crippen LogP contribution in [-0.4, -0.2) is 36.2 Å². The summed E-state index contributed by atoms with van der Waals surface area (Å²) < 4.78 is 12.9. The Balaban J connectivity index is 1.53. The fourth-order valence-corrected chi connectivity index (χ4v) is 2.53. The predicted molar refractivity (Wildman–Crippen MR) is 99.8 cm³/mol. The molecule has 2 aromatic rings. The molecule has 0 spiro atoms. The summed E-state index contributed by atoms with van der Waals surface area (Å²) in [5.74, 6) is -0.979. The van der Waals surface area contributed by atoms with Crippen molar-refractivity contribution in [3.8, 4) is 0 Å². The standard InChI is InChI=1S/C20H20FN3O3/c1-24(12-18(25)22-16-10-6-15(21)7-11-16)20(27)14-4-8-17(9-5-14)23-19(26)13-2-3-13/h4-11,13H,2-3,12H2,1H3,(H,22,25)(H,23,26). The second kappa shape index (κ2) is 7.99. The fourth-order valence-electron chi connectivity index (χ4n) is 2.53. The maximum absolute atomic E-state index is 12.9. The van der Waals surface area contributed by atoms with E-state index in [2.05, 4.69) is 10.6 Å². The molecule has 0 radical (unpaired) electrons. The highest BCUT2D eigenvalue weighted by Gasteiger charge is 2.29. The van der Waals surface area contributed by atoms with E-state index in [1.165, 1.54) is 36.2 Å². The molecule has 0 aliphatic heterocycles. The number of nitrogens with zero attached hydrogens (tertiary/aromatic N) is 1. The van der Waals surface area contributed by atoms with Crippen LogP contribution in [0.15, 0.2) is 48.5 Å². The van der Waals surface area contributed by atoms with Crippen molar-refractivity contribution in [1.29, 1.82) is 0 Å². The zero-order chi connectivity index (χ0) is 19.4. The van der Waals surface area contributed by atoms with Crippen LogP contribution in [0.3, 0.4) is 0 Å². The molecule has 1 saturated carbocycles. The number of hydrogen-bond donors (Lipinski definition) is 2. The lowest BCUT2D eigenvalue weighted by Crippen LogP contribution is -2.34. The molecule has 7 heteroatoms. The van der Waals surface area contributed by atoms with Crippen molar-refractivity contribution in [1.82, 2.24) is 4.90 Å². The highest BCUT2D eigenvalue weighted by atomic mass is 19.1. The van der Waals surface area contributed by atoms with Crippen molar-refractivity contribution >= 4 is 29.1 Å². The summed E-state index contributed by atoms with van der Waals surface area (Å²) in [6, 6.07) is 11.9. The summed E-state index contributed by atoms with van der Waals surface area (Å²) >= 11 is 0. The van der Waals surface area contributed by atoms with Crippen molar-refractivity contribution in [3.05, 3.63) is 59.9 Å². The largest absolute Gasteiger partial charge is 0.332 e. The molecule has 1 aliphatic carbocycles. The summed E-state index contributed by atoms with van der Waals surface area (Å²) in [7, 11) is 1.52. The molecule has 3 amide bonds. The number of hydrogen-bond acceptors (Lipinski definition) is 3. The van der Waals surface area contributed by atoms with E-state index in [4.69, 9.17) is 0 Å². The monoisotopic (exact) mass is 369 g/mol. The van der Waals surface area contributed by atoms with Gasteiger partial charge in [0.25, 0.3) is 5.91 Å². The Morgan fingerprint density at radius 3 is 2.11 bits per heavy atom. The van der Waals surface area contributed by atoms with E-state index in [-0.39, 0.29) is 30.2 Å². The summed E-state index contributed by atoms with van der Waals surface area (Å²) in [6.45, 7) is -0.142. The third kappa shape index (κ3) is 5.13.